The second-order valence-electron chi connectivity index (χ2n) is 4.95. The van der Waals surface area contributed by atoms with E-state index in [0.29, 0.717) is 0 Å². The van der Waals surface area contributed by atoms with E-state index < -0.39 is 18.5 Å². The molecule has 1 amide bonds. The van der Waals surface area contributed by atoms with Crippen molar-refractivity contribution in [1.29, 1.82) is 0 Å². The lowest BCUT2D eigenvalue weighted by Crippen LogP contribution is -2.43. The molecule has 0 spiro atoms. The third kappa shape index (κ3) is 4.16. The maximum Gasteiger partial charge on any atom is 0.390 e. The van der Waals surface area contributed by atoms with Crippen LogP contribution in [0.2, 0.25) is 0 Å². The lowest BCUT2D eigenvalue weighted by Gasteiger charge is -2.34. The van der Waals surface area contributed by atoms with Crippen LogP contribution in [-0.4, -0.2) is 39.2 Å². The van der Waals surface area contributed by atoms with Crippen LogP contribution in [0.15, 0.2) is 5.38 Å². The summed E-state index contributed by atoms with van der Waals surface area (Å²) in [6, 6.07) is -0.111. The van der Waals surface area contributed by atoms with Gasteiger partial charge in [0.15, 0.2) is 5.69 Å². The molecule has 0 saturated heterocycles. The van der Waals surface area contributed by atoms with Crippen LogP contribution in [0.25, 0.3) is 0 Å². The first kappa shape index (κ1) is 15.2. The summed E-state index contributed by atoms with van der Waals surface area (Å²) >= 11 is 1.02. The Morgan fingerprint density at radius 2 is 2.05 bits per heavy atom. The monoisotopic (exact) mass is 307 g/mol. The van der Waals surface area contributed by atoms with Gasteiger partial charge in [-0.3, -0.25) is 4.79 Å². The molecule has 1 aromatic heterocycles. The van der Waals surface area contributed by atoms with Crippen LogP contribution in [0.1, 0.15) is 49.0 Å². The summed E-state index contributed by atoms with van der Waals surface area (Å²) in [6.45, 7) is -0.301. The second-order valence-corrected chi connectivity index (χ2v) is 5.56. The second kappa shape index (κ2) is 6.51. The fourth-order valence-corrected chi connectivity index (χ4v) is 2.92. The molecule has 8 heteroatoms. The fourth-order valence-electron chi connectivity index (χ4n) is 2.49. The van der Waals surface area contributed by atoms with Crippen molar-refractivity contribution in [2.24, 2.45) is 0 Å². The topological polar surface area (TPSA) is 46.1 Å². The number of carbonyl (C=O) groups is 1. The first-order valence-electron chi connectivity index (χ1n) is 6.62. The maximum absolute atomic E-state index is 12.4. The van der Waals surface area contributed by atoms with E-state index in [1.54, 1.807) is 0 Å². The van der Waals surface area contributed by atoms with E-state index in [1.165, 1.54) is 10.3 Å². The summed E-state index contributed by atoms with van der Waals surface area (Å²) in [7, 11) is 0. The average Bonchev–Trinajstić information content (AvgIpc) is 2.92. The minimum atomic E-state index is -4.26. The molecule has 1 saturated carbocycles. The van der Waals surface area contributed by atoms with Crippen LogP contribution in [0.5, 0.6) is 0 Å². The highest BCUT2D eigenvalue weighted by Gasteiger charge is 2.33. The van der Waals surface area contributed by atoms with Crippen molar-refractivity contribution in [2.75, 3.05) is 6.54 Å². The van der Waals surface area contributed by atoms with Gasteiger partial charge in [0.05, 0.1) is 6.42 Å². The van der Waals surface area contributed by atoms with Crippen LogP contribution < -0.4 is 0 Å². The van der Waals surface area contributed by atoms with Crippen molar-refractivity contribution in [2.45, 2.75) is 50.7 Å². The van der Waals surface area contributed by atoms with E-state index >= 15 is 0 Å². The number of alkyl halides is 3. The Hall–Kier alpha value is -1.18. The number of amides is 1. The summed E-state index contributed by atoms with van der Waals surface area (Å²) in [5, 5.41) is 5.15. The molecule has 0 aromatic carbocycles. The van der Waals surface area contributed by atoms with Crippen LogP contribution in [0.3, 0.4) is 0 Å². The number of aromatic nitrogens is 2. The number of halogens is 3. The highest BCUT2D eigenvalue weighted by Crippen LogP contribution is 2.27. The Morgan fingerprint density at radius 3 is 2.60 bits per heavy atom. The fraction of sp³-hybridized carbons (Fsp3) is 0.750. The van der Waals surface area contributed by atoms with Gasteiger partial charge < -0.3 is 4.90 Å². The number of rotatable bonds is 4. The van der Waals surface area contributed by atoms with E-state index in [-0.39, 0.29) is 18.3 Å². The first-order chi connectivity index (χ1) is 9.47. The van der Waals surface area contributed by atoms with Gasteiger partial charge in [0, 0.05) is 18.0 Å². The van der Waals surface area contributed by atoms with Crippen LogP contribution in [0, 0.1) is 0 Å². The van der Waals surface area contributed by atoms with Gasteiger partial charge in [-0.1, -0.05) is 23.8 Å². The molecule has 0 bridgehead atoms. The number of nitrogens with zero attached hydrogens (tertiary/aromatic N) is 3. The number of carbonyl (C=O) groups excluding carboxylic acids is 1. The largest absolute Gasteiger partial charge is 0.390 e. The van der Waals surface area contributed by atoms with Crippen molar-refractivity contribution >= 4 is 17.4 Å². The quantitative estimate of drug-likeness (QED) is 0.857. The standard InChI is InChI=1S/C12H16F3N3OS/c13-12(14,15)6-7-18(9-4-2-1-3-5-9)11(19)10-8-20-17-16-10/h8-9H,1-7H2. The first-order valence-corrected chi connectivity index (χ1v) is 7.46. The SMILES string of the molecule is O=C(c1csnn1)N(CCC(F)(F)F)C1CCCCC1. The Morgan fingerprint density at radius 1 is 1.35 bits per heavy atom. The zero-order valence-electron chi connectivity index (χ0n) is 10.9. The molecule has 1 fully saturated rings. The van der Waals surface area contributed by atoms with Crippen molar-refractivity contribution in [1.82, 2.24) is 14.5 Å². The highest BCUT2D eigenvalue weighted by molar-refractivity contribution is 7.03. The van der Waals surface area contributed by atoms with Crippen molar-refractivity contribution in [3.05, 3.63) is 11.1 Å². The summed E-state index contributed by atoms with van der Waals surface area (Å²) in [6.07, 6.45) is -0.718. The van der Waals surface area contributed by atoms with E-state index in [1.807, 2.05) is 0 Å². The van der Waals surface area contributed by atoms with Crippen LogP contribution in [-0.2, 0) is 0 Å². The summed E-state index contributed by atoms with van der Waals surface area (Å²) in [4.78, 5) is 13.6. The van der Waals surface area contributed by atoms with Gasteiger partial charge in [0.25, 0.3) is 5.91 Å². The molecular weight excluding hydrogens is 291 g/mol. The Bertz CT molecular complexity index is 430. The van der Waals surface area contributed by atoms with Gasteiger partial charge in [-0.05, 0) is 24.4 Å². The molecule has 2 rings (SSSR count). The molecule has 0 atom stereocenters. The molecule has 112 valence electrons. The van der Waals surface area contributed by atoms with Gasteiger partial charge in [-0.2, -0.15) is 13.2 Å². The predicted molar refractivity (Wildman–Crippen MR) is 68.5 cm³/mol. The Balaban J connectivity index is 2.08. The van der Waals surface area contributed by atoms with Gasteiger partial charge in [0.2, 0.25) is 0 Å². The Kier molecular flexibility index (Phi) is 4.95. The maximum atomic E-state index is 12.4. The zero-order valence-corrected chi connectivity index (χ0v) is 11.7. The lowest BCUT2D eigenvalue weighted by atomic mass is 9.94. The predicted octanol–water partition coefficient (Wildman–Crippen LogP) is 3.27. The van der Waals surface area contributed by atoms with Crippen molar-refractivity contribution in [3.8, 4) is 0 Å². The lowest BCUT2D eigenvalue weighted by molar-refractivity contribution is -0.137. The number of hydrogen-bond acceptors (Lipinski definition) is 4. The summed E-state index contributed by atoms with van der Waals surface area (Å²) < 4.78 is 40.9. The smallest absolute Gasteiger partial charge is 0.334 e. The molecule has 1 aliphatic carbocycles. The van der Waals surface area contributed by atoms with Gasteiger partial charge in [-0.25, -0.2) is 0 Å². The van der Waals surface area contributed by atoms with E-state index in [0.717, 1.165) is 43.6 Å². The summed E-state index contributed by atoms with van der Waals surface area (Å²) in [5.41, 5.74) is 0.141. The normalized spacial score (nSPS) is 17.1. The van der Waals surface area contributed by atoms with E-state index in [4.69, 9.17) is 0 Å². The van der Waals surface area contributed by atoms with Gasteiger partial charge in [0.1, 0.15) is 0 Å². The average molecular weight is 307 g/mol. The van der Waals surface area contributed by atoms with E-state index in [9.17, 15) is 18.0 Å². The molecular formula is C12H16F3N3OS. The molecule has 0 N–H and O–H groups in total. The number of hydrogen-bond donors (Lipinski definition) is 0. The molecule has 0 unspecified atom stereocenters. The van der Waals surface area contributed by atoms with Crippen molar-refractivity contribution < 1.29 is 18.0 Å². The molecule has 1 heterocycles. The molecule has 1 aliphatic rings. The third-order valence-electron chi connectivity index (χ3n) is 3.49. The molecule has 4 nitrogen and oxygen atoms in total. The van der Waals surface area contributed by atoms with Gasteiger partial charge >= 0.3 is 6.18 Å². The molecule has 0 aliphatic heterocycles. The zero-order chi connectivity index (χ0) is 14.6. The molecule has 0 radical (unpaired) electrons. The highest BCUT2D eigenvalue weighted by atomic mass is 32.1. The van der Waals surface area contributed by atoms with Crippen LogP contribution >= 0.6 is 11.5 Å². The third-order valence-corrected chi connectivity index (χ3v) is 4.00. The van der Waals surface area contributed by atoms with Crippen LogP contribution in [0.4, 0.5) is 13.2 Å². The molecule has 1 aromatic rings. The van der Waals surface area contributed by atoms with Crippen molar-refractivity contribution in [3.63, 3.8) is 0 Å². The minimum absolute atomic E-state index is 0.111. The molecule has 20 heavy (non-hydrogen) atoms. The van der Waals surface area contributed by atoms with Gasteiger partial charge in [-0.15, -0.1) is 5.10 Å². The van der Waals surface area contributed by atoms with E-state index in [2.05, 4.69) is 9.59 Å². The Labute approximate surface area is 119 Å². The minimum Gasteiger partial charge on any atom is -0.334 e. The summed E-state index contributed by atoms with van der Waals surface area (Å²) in [5.74, 6) is -0.435.